The first-order valence-corrected chi connectivity index (χ1v) is 4.95. The first-order chi connectivity index (χ1) is 7.58. The van der Waals surface area contributed by atoms with Crippen molar-refractivity contribution in [3.05, 3.63) is 29.8 Å². The lowest BCUT2D eigenvalue weighted by molar-refractivity contribution is -0.122. The minimum absolute atomic E-state index is 0.0841. The normalized spacial score (nSPS) is 15.6. The lowest BCUT2D eigenvalue weighted by atomic mass is 9.98. The number of rotatable bonds is 3. The van der Waals surface area contributed by atoms with E-state index >= 15 is 0 Å². The van der Waals surface area contributed by atoms with E-state index < -0.39 is 5.97 Å². The molecule has 0 spiro atoms. The van der Waals surface area contributed by atoms with Crippen LogP contribution >= 0.6 is 0 Å². The number of benzene rings is 1. The van der Waals surface area contributed by atoms with Gasteiger partial charge in [-0.2, -0.15) is 0 Å². The third-order valence-electron chi connectivity index (χ3n) is 2.76. The molecule has 5 nitrogen and oxygen atoms in total. The number of anilines is 1. The summed E-state index contributed by atoms with van der Waals surface area (Å²) in [6.45, 7) is 1.23. The van der Waals surface area contributed by atoms with Crippen LogP contribution in [0.1, 0.15) is 10.4 Å². The van der Waals surface area contributed by atoms with Crippen molar-refractivity contribution in [1.82, 2.24) is 0 Å². The van der Waals surface area contributed by atoms with Gasteiger partial charge in [-0.05, 0) is 24.3 Å². The average Bonchev–Trinajstić information content (AvgIpc) is 2.15. The van der Waals surface area contributed by atoms with Gasteiger partial charge in [0.1, 0.15) is 0 Å². The van der Waals surface area contributed by atoms with Crippen molar-refractivity contribution in [1.29, 1.82) is 0 Å². The second-order valence-corrected chi connectivity index (χ2v) is 3.86. The Labute approximate surface area is 92.5 Å². The molecule has 2 rings (SSSR count). The predicted molar refractivity (Wildman–Crippen MR) is 58.3 cm³/mol. The fraction of sp³-hybridized carbons (Fsp3) is 0.273. The van der Waals surface area contributed by atoms with E-state index in [1.807, 2.05) is 4.90 Å². The highest BCUT2D eigenvalue weighted by Gasteiger charge is 2.30. The summed E-state index contributed by atoms with van der Waals surface area (Å²) in [5.41, 5.74) is 6.34. The van der Waals surface area contributed by atoms with Crippen LogP contribution in [0.4, 0.5) is 5.69 Å². The molecule has 0 atom stereocenters. The molecule has 0 saturated carbocycles. The van der Waals surface area contributed by atoms with Gasteiger partial charge in [0.2, 0.25) is 5.91 Å². The maximum atomic E-state index is 10.8. The number of nitrogens with zero attached hydrogens (tertiary/aromatic N) is 1. The standard InChI is InChI=1S/C11H12N2O3/c12-10(14)8-5-13(6-8)9-3-1-7(2-4-9)11(15)16/h1-4,8H,5-6H2,(H2,12,14)(H,15,16). The van der Waals surface area contributed by atoms with Gasteiger partial charge in [0.15, 0.2) is 0 Å². The summed E-state index contributed by atoms with van der Waals surface area (Å²) in [5.74, 6) is -1.30. The summed E-state index contributed by atoms with van der Waals surface area (Å²) in [6.07, 6.45) is 0. The number of primary amides is 1. The number of nitrogens with two attached hydrogens (primary N) is 1. The van der Waals surface area contributed by atoms with Crippen LogP contribution in [0.15, 0.2) is 24.3 Å². The zero-order valence-corrected chi connectivity index (χ0v) is 8.59. The lowest BCUT2D eigenvalue weighted by Gasteiger charge is -2.39. The van der Waals surface area contributed by atoms with Crippen LogP contribution < -0.4 is 10.6 Å². The summed E-state index contributed by atoms with van der Waals surface area (Å²) in [4.78, 5) is 23.4. The molecule has 1 fully saturated rings. The summed E-state index contributed by atoms with van der Waals surface area (Å²) >= 11 is 0. The molecule has 0 radical (unpaired) electrons. The molecule has 1 aromatic carbocycles. The Hall–Kier alpha value is -2.04. The van der Waals surface area contributed by atoms with E-state index in [0.717, 1.165) is 5.69 Å². The van der Waals surface area contributed by atoms with E-state index in [2.05, 4.69) is 0 Å². The quantitative estimate of drug-likeness (QED) is 0.767. The van der Waals surface area contributed by atoms with Crippen LogP contribution in [0.2, 0.25) is 0 Å². The van der Waals surface area contributed by atoms with Gasteiger partial charge in [0.25, 0.3) is 0 Å². The fourth-order valence-corrected chi connectivity index (χ4v) is 1.68. The molecule has 0 bridgehead atoms. The van der Waals surface area contributed by atoms with Crippen molar-refractivity contribution < 1.29 is 14.7 Å². The molecule has 1 aromatic rings. The third kappa shape index (κ3) is 1.84. The fourth-order valence-electron chi connectivity index (χ4n) is 1.68. The van der Waals surface area contributed by atoms with Crippen LogP contribution in [-0.2, 0) is 4.79 Å². The van der Waals surface area contributed by atoms with Gasteiger partial charge < -0.3 is 15.7 Å². The van der Waals surface area contributed by atoms with E-state index in [0.29, 0.717) is 13.1 Å². The Morgan fingerprint density at radius 2 is 1.81 bits per heavy atom. The molecule has 0 aromatic heterocycles. The zero-order chi connectivity index (χ0) is 11.7. The Balaban J connectivity index is 2.02. The summed E-state index contributed by atoms with van der Waals surface area (Å²) < 4.78 is 0. The first-order valence-electron chi connectivity index (χ1n) is 4.95. The van der Waals surface area contributed by atoms with E-state index in [4.69, 9.17) is 10.8 Å². The minimum atomic E-state index is -0.940. The van der Waals surface area contributed by atoms with Gasteiger partial charge in [-0.1, -0.05) is 0 Å². The topological polar surface area (TPSA) is 83.6 Å². The number of carbonyl (C=O) groups excluding carboxylic acids is 1. The summed E-state index contributed by atoms with van der Waals surface area (Å²) in [7, 11) is 0. The molecule has 0 unspecified atom stereocenters. The average molecular weight is 220 g/mol. The number of carboxylic acid groups (broad SMARTS) is 1. The molecule has 1 heterocycles. The largest absolute Gasteiger partial charge is 0.478 e. The predicted octanol–water partition coefficient (Wildman–Crippen LogP) is 0.306. The highest BCUT2D eigenvalue weighted by atomic mass is 16.4. The third-order valence-corrected chi connectivity index (χ3v) is 2.76. The van der Waals surface area contributed by atoms with E-state index in [1.165, 1.54) is 0 Å². The van der Waals surface area contributed by atoms with Crippen molar-refractivity contribution in [3.63, 3.8) is 0 Å². The van der Waals surface area contributed by atoms with Gasteiger partial charge in [-0.3, -0.25) is 4.79 Å². The van der Waals surface area contributed by atoms with Crippen LogP contribution in [0.25, 0.3) is 0 Å². The number of hydrogen-bond acceptors (Lipinski definition) is 3. The van der Waals surface area contributed by atoms with E-state index in [9.17, 15) is 9.59 Å². The zero-order valence-electron chi connectivity index (χ0n) is 8.59. The molecular formula is C11H12N2O3. The Kier molecular flexibility index (Phi) is 2.52. The van der Waals surface area contributed by atoms with Gasteiger partial charge >= 0.3 is 5.97 Å². The van der Waals surface area contributed by atoms with Crippen molar-refractivity contribution in [3.8, 4) is 0 Å². The second-order valence-electron chi connectivity index (χ2n) is 3.86. The number of carbonyl (C=O) groups is 2. The molecule has 16 heavy (non-hydrogen) atoms. The molecule has 84 valence electrons. The summed E-state index contributed by atoms with van der Waals surface area (Å²) in [5, 5.41) is 8.73. The highest BCUT2D eigenvalue weighted by Crippen LogP contribution is 2.24. The smallest absolute Gasteiger partial charge is 0.335 e. The molecule has 0 aliphatic carbocycles. The van der Waals surface area contributed by atoms with E-state index in [-0.39, 0.29) is 17.4 Å². The van der Waals surface area contributed by atoms with Crippen molar-refractivity contribution in [2.24, 2.45) is 11.7 Å². The highest BCUT2D eigenvalue weighted by molar-refractivity contribution is 5.88. The molecule has 3 N–H and O–H groups in total. The molecule has 1 saturated heterocycles. The van der Waals surface area contributed by atoms with Gasteiger partial charge in [-0.25, -0.2) is 4.79 Å². The lowest BCUT2D eigenvalue weighted by Crippen LogP contribution is -2.52. The van der Waals surface area contributed by atoms with Crippen LogP contribution in [0, 0.1) is 5.92 Å². The molecule has 1 amide bonds. The first kappa shape index (κ1) is 10.5. The van der Waals surface area contributed by atoms with Crippen molar-refractivity contribution in [2.75, 3.05) is 18.0 Å². The Bertz CT molecular complexity index is 421. The molecule has 1 aliphatic rings. The Morgan fingerprint density at radius 3 is 2.25 bits per heavy atom. The molecular weight excluding hydrogens is 208 g/mol. The number of carboxylic acids is 1. The maximum Gasteiger partial charge on any atom is 0.335 e. The number of amides is 1. The molecule has 1 aliphatic heterocycles. The number of hydrogen-bond donors (Lipinski definition) is 2. The van der Waals surface area contributed by atoms with E-state index in [1.54, 1.807) is 24.3 Å². The maximum absolute atomic E-state index is 10.8. The van der Waals surface area contributed by atoms with Crippen molar-refractivity contribution >= 4 is 17.6 Å². The van der Waals surface area contributed by atoms with Gasteiger partial charge in [0.05, 0.1) is 11.5 Å². The SMILES string of the molecule is NC(=O)C1CN(c2ccc(C(=O)O)cc2)C1. The van der Waals surface area contributed by atoms with Crippen LogP contribution in [0.3, 0.4) is 0 Å². The second kappa shape index (κ2) is 3.84. The Morgan fingerprint density at radius 1 is 1.25 bits per heavy atom. The van der Waals surface area contributed by atoms with Crippen LogP contribution in [0.5, 0.6) is 0 Å². The molecule has 5 heteroatoms. The minimum Gasteiger partial charge on any atom is -0.478 e. The van der Waals surface area contributed by atoms with Crippen LogP contribution in [-0.4, -0.2) is 30.1 Å². The van der Waals surface area contributed by atoms with Gasteiger partial charge in [0, 0.05) is 18.8 Å². The summed E-state index contributed by atoms with van der Waals surface area (Å²) in [6, 6.07) is 6.58. The number of aromatic carboxylic acids is 1. The van der Waals surface area contributed by atoms with Gasteiger partial charge in [-0.15, -0.1) is 0 Å². The monoisotopic (exact) mass is 220 g/mol. The van der Waals surface area contributed by atoms with Crippen molar-refractivity contribution in [2.45, 2.75) is 0 Å².